The molecule has 10 rings (SSSR count). The lowest BCUT2D eigenvalue weighted by atomic mass is 9.88. The zero-order valence-electron chi connectivity index (χ0n) is 40.0. The highest BCUT2D eigenvalue weighted by atomic mass is 127. The van der Waals surface area contributed by atoms with E-state index in [1.165, 1.54) is 24.3 Å². The van der Waals surface area contributed by atoms with Crippen LogP contribution in [0.3, 0.4) is 0 Å². The molecule has 3 aliphatic carbocycles. The van der Waals surface area contributed by atoms with Crippen LogP contribution in [-0.2, 0) is 38.1 Å². The van der Waals surface area contributed by atoms with Crippen molar-refractivity contribution in [3.05, 3.63) is 136 Å². The Bertz CT molecular complexity index is 2990. The molecule has 5 aromatic rings. The molecule has 366 valence electrons. The van der Waals surface area contributed by atoms with E-state index in [2.05, 4.69) is 70.4 Å². The van der Waals surface area contributed by atoms with Gasteiger partial charge >= 0.3 is 12.6 Å². The third-order valence-electron chi connectivity index (χ3n) is 12.2. The number of hydrogen-bond acceptors (Lipinski definition) is 11. The van der Waals surface area contributed by atoms with E-state index in [4.69, 9.17) is 9.72 Å². The molecule has 0 atom stereocenters. The number of ketones is 3. The van der Waals surface area contributed by atoms with E-state index in [-0.39, 0.29) is 53.2 Å². The van der Waals surface area contributed by atoms with Gasteiger partial charge in [0.2, 0.25) is 5.88 Å². The molecule has 0 spiro atoms. The average molecular weight is 1090 g/mol. The molecule has 70 heavy (non-hydrogen) atoms. The Morgan fingerprint density at radius 2 is 1.13 bits per heavy atom. The first kappa shape index (κ1) is 50.4. The van der Waals surface area contributed by atoms with Crippen molar-refractivity contribution < 1.29 is 55.6 Å². The molecule has 2 saturated carbocycles. The van der Waals surface area contributed by atoms with Crippen LogP contribution < -0.4 is 23.7 Å². The first-order valence-electron chi connectivity index (χ1n) is 22.8. The molecule has 17 heteroatoms. The van der Waals surface area contributed by atoms with E-state index in [1.807, 2.05) is 70.2 Å². The van der Waals surface area contributed by atoms with Crippen molar-refractivity contribution in [1.29, 1.82) is 0 Å². The predicted molar refractivity (Wildman–Crippen MR) is 266 cm³/mol. The first-order valence-corrected chi connectivity index (χ1v) is 29.4. The number of alkyl halides is 4. The maximum atomic E-state index is 13.4. The summed E-state index contributed by atoms with van der Waals surface area (Å²) in [5.41, 5.74) is 6.84. The van der Waals surface area contributed by atoms with E-state index in [0.717, 1.165) is 27.8 Å². The fourth-order valence-corrected chi connectivity index (χ4v) is 8.65. The van der Waals surface area contributed by atoms with Crippen molar-refractivity contribution in [3.63, 3.8) is 0 Å². The van der Waals surface area contributed by atoms with Gasteiger partial charge < -0.3 is 23.7 Å². The van der Waals surface area contributed by atoms with Crippen molar-refractivity contribution in [2.75, 3.05) is 7.11 Å². The topological polar surface area (TPSA) is 136 Å². The number of aryl methyl sites for hydroxylation is 3. The summed E-state index contributed by atoms with van der Waals surface area (Å²) in [5.74, 6) is 0.243. The van der Waals surface area contributed by atoms with Gasteiger partial charge in [-0.15, -0.1) is 39.4 Å². The summed E-state index contributed by atoms with van der Waals surface area (Å²) in [5, 5.41) is 0. The number of ether oxygens (including phenoxy) is 5. The highest BCUT2D eigenvalue weighted by Gasteiger charge is 2.53. The summed E-state index contributed by atoms with van der Waals surface area (Å²) in [6.07, 6.45) is 1.17. The second kappa shape index (κ2) is 19.0. The SMILES string of the molecule is CC1=CCC(=O)C(c2cc(C)cc(CC(=O)C3(c4ccc5c(c4)OC(F)(F)O5)CC3)n2)=C1.COc1ncc(C)cc1-c1cc(C)cc(CC(=O)C2(c3ccc4c(c3)OC(F)(F)O4)CC2)n1.C[Si](C)(C)I. The first-order chi connectivity index (χ1) is 32.8. The Labute approximate surface area is 417 Å². The van der Waals surface area contributed by atoms with Gasteiger partial charge in [-0.3, -0.25) is 24.4 Å². The van der Waals surface area contributed by atoms with Crippen LogP contribution in [0.1, 0.15) is 83.9 Å². The Balaban J connectivity index is 0.000000172. The lowest BCUT2D eigenvalue weighted by molar-refractivity contribution is -0.287. The molecule has 0 N–H and O–H groups in total. The Morgan fingerprint density at radius 3 is 1.60 bits per heavy atom. The number of nitrogens with zero attached hydrogens (tertiary/aromatic N) is 3. The van der Waals surface area contributed by atoms with Gasteiger partial charge in [0.1, 0.15) is 17.1 Å². The van der Waals surface area contributed by atoms with E-state index in [9.17, 15) is 31.9 Å². The summed E-state index contributed by atoms with van der Waals surface area (Å²) < 4.78 is 76.9. The zero-order chi connectivity index (χ0) is 50.6. The maximum Gasteiger partial charge on any atom is 0.586 e. The molecular formula is C53H52F4IN3O8Si. The van der Waals surface area contributed by atoms with Crippen LogP contribution in [0.2, 0.25) is 19.6 Å². The standard InChI is InChI=1S/C25H22F2N2O4.C25H21F2NO4.C3H9ISi/c1-14-8-17(29-19(10-14)18-9-15(2)13-28-23(18)31-3)12-22(30)24(6-7-24)16-4-5-20-21(11-16)33-25(26,27)32-20;1-14-3-5-20(29)18(10-14)19-11-15(2)9-17(28-19)13-23(30)24(7-8-24)16-4-6-21-22(12-16)32-25(26,27)31-21;1-5(2,3)4/h4-5,8-11,13H,6-7,12H2,1-3H3;3-4,6,9-12H,5,7-8,13H2,1-2H3;1-3H3. The van der Waals surface area contributed by atoms with Crippen LogP contribution in [0.4, 0.5) is 17.6 Å². The Kier molecular flexibility index (Phi) is 13.7. The van der Waals surface area contributed by atoms with Crippen LogP contribution >= 0.6 is 21.8 Å². The van der Waals surface area contributed by atoms with Gasteiger partial charge in [0, 0.05) is 42.4 Å². The second-order valence-electron chi connectivity index (χ2n) is 19.3. The summed E-state index contributed by atoms with van der Waals surface area (Å²) in [4.78, 5) is 52.7. The Hall–Kier alpha value is -5.95. The number of aromatic nitrogens is 3. The lowest BCUT2D eigenvalue weighted by Crippen LogP contribution is -2.26. The quantitative estimate of drug-likeness (QED) is 0.0541. The number of fused-ring (bicyclic) bond motifs is 2. The van der Waals surface area contributed by atoms with Crippen molar-refractivity contribution >= 4 is 50.3 Å². The van der Waals surface area contributed by atoms with E-state index in [1.54, 1.807) is 25.4 Å². The smallest absolute Gasteiger partial charge is 0.481 e. The number of carbonyl (C=O) groups excluding carboxylic acids is 3. The molecule has 5 heterocycles. The molecule has 11 nitrogen and oxygen atoms in total. The molecule has 0 saturated heterocycles. The monoisotopic (exact) mass is 1090 g/mol. The van der Waals surface area contributed by atoms with Crippen LogP contribution in [0, 0.1) is 20.8 Å². The third kappa shape index (κ3) is 11.5. The summed E-state index contributed by atoms with van der Waals surface area (Å²) in [6.45, 7) is 14.7. The number of rotatable bonds is 11. The number of halogens is 5. The largest absolute Gasteiger partial charge is 0.586 e. The minimum atomic E-state index is -3.69. The van der Waals surface area contributed by atoms with Crippen LogP contribution in [0.15, 0.2) is 90.7 Å². The van der Waals surface area contributed by atoms with Crippen molar-refractivity contribution in [2.24, 2.45) is 0 Å². The number of hydrogen-bond donors (Lipinski definition) is 0. The van der Waals surface area contributed by atoms with Crippen LogP contribution in [0.5, 0.6) is 28.9 Å². The van der Waals surface area contributed by atoms with Crippen molar-refractivity contribution in [2.45, 2.75) is 116 Å². The van der Waals surface area contributed by atoms with Gasteiger partial charge in [-0.2, -0.15) is 0 Å². The minimum absolute atomic E-state index is 0.00167. The molecule has 2 fully saturated rings. The maximum absolute atomic E-state index is 13.4. The van der Waals surface area contributed by atoms with Gasteiger partial charge in [0.05, 0.1) is 34.9 Å². The number of methoxy groups -OCH3 is 1. The number of benzene rings is 2. The Morgan fingerprint density at radius 1 is 0.671 bits per heavy atom. The lowest BCUT2D eigenvalue weighted by Gasteiger charge is -2.16. The number of Topliss-reactive ketones (excluding diaryl/α,β-unsaturated/α-hetero) is 3. The molecule has 0 bridgehead atoms. The molecule has 2 aliphatic heterocycles. The van der Waals surface area contributed by atoms with E-state index in [0.29, 0.717) is 77.5 Å². The third-order valence-corrected chi connectivity index (χ3v) is 12.2. The van der Waals surface area contributed by atoms with Gasteiger partial charge in [-0.05, 0) is 142 Å². The number of pyridine rings is 3. The second-order valence-corrected chi connectivity index (χ2v) is 33.2. The normalized spacial score (nSPS) is 18.0. The molecule has 5 aliphatic rings. The molecule has 0 amide bonds. The summed E-state index contributed by atoms with van der Waals surface area (Å²) >= 11 is 2.52. The van der Waals surface area contributed by atoms with Gasteiger partial charge in [0.15, 0.2) is 28.8 Å². The van der Waals surface area contributed by atoms with Crippen LogP contribution in [0.25, 0.3) is 16.8 Å². The highest BCUT2D eigenvalue weighted by molar-refractivity contribution is 14.1. The van der Waals surface area contributed by atoms with Crippen molar-refractivity contribution in [3.8, 4) is 40.1 Å². The summed E-state index contributed by atoms with van der Waals surface area (Å²) in [7, 11) is 1.56. The van der Waals surface area contributed by atoms with Gasteiger partial charge in [-0.25, -0.2) is 4.98 Å². The molecule has 2 aromatic carbocycles. The fourth-order valence-electron chi connectivity index (χ4n) is 8.65. The van der Waals surface area contributed by atoms with Crippen LogP contribution in [-0.4, -0.2) is 57.6 Å². The fraction of sp³-hybridized carbons (Fsp3) is 0.358. The van der Waals surface area contributed by atoms with E-state index >= 15 is 0 Å². The molecule has 0 radical (unpaired) electrons. The summed E-state index contributed by atoms with van der Waals surface area (Å²) in [6, 6.07) is 18.6. The number of carbonyl (C=O) groups is 3. The number of allylic oxidation sites excluding steroid dienone is 4. The van der Waals surface area contributed by atoms with E-state index < -0.39 is 29.0 Å². The molecule has 3 aromatic heterocycles. The molecular weight excluding hydrogens is 1040 g/mol. The molecule has 0 unspecified atom stereocenters. The zero-order valence-corrected chi connectivity index (χ0v) is 43.2. The minimum Gasteiger partial charge on any atom is -0.481 e. The van der Waals surface area contributed by atoms with Gasteiger partial charge in [0.25, 0.3) is 0 Å². The van der Waals surface area contributed by atoms with Gasteiger partial charge in [-0.1, -0.05) is 43.4 Å². The predicted octanol–water partition coefficient (Wildman–Crippen LogP) is 12.0. The average Bonchev–Trinajstić information content (AvgIpc) is 4.19. The highest BCUT2D eigenvalue weighted by Crippen LogP contribution is 2.54. The van der Waals surface area contributed by atoms with Crippen molar-refractivity contribution in [1.82, 2.24) is 15.0 Å².